The van der Waals surface area contributed by atoms with Crippen molar-refractivity contribution in [1.29, 1.82) is 0 Å². The molecule has 0 aliphatic carbocycles. The minimum Gasteiger partial charge on any atom is -0.287 e. The molecule has 1 nitrogen and oxygen atoms in total. The summed E-state index contributed by atoms with van der Waals surface area (Å²) in [6, 6.07) is 9.89. The molecule has 64 valence electrons. The van der Waals surface area contributed by atoms with Gasteiger partial charge < -0.3 is 0 Å². The van der Waals surface area contributed by atoms with Gasteiger partial charge in [0.2, 0.25) is 0 Å². The molecule has 2 heteroatoms. The van der Waals surface area contributed by atoms with Crippen LogP contribution >= 0.6 is 0 Å². The second-order valence-corrected chi connectivity index (χ2v) is 2.57. The second-order valence-electron chi connectivity index (χ2n) is 2.57. The summed E-state index contributed by atoms with van der Waals surface area (Å²) in [5.74, 6) is 0. The highest BCUT2D eigenvalue weighted by Crippen LogP contribution is 2.14. The van der Waals surface area contributed by atoms with Gasteiger partial charge in [-0.15, -0.1) is 0 Å². The molecule has 0 radical (unpaired) electrons. The second kappa shape index (κ2) is 4.65. The molecule has 0 aliphatic rings. The number of nitrogens with zero attached hydrogens (tertiary/aromatic N) is 1. The summed E-state index contributed by atoms with van der Waals surface area (Å²) in [5.41, 5.74) is 1.11. The fourth-order valence-corrected chi connectivity index (χ4v) is 1.02. The summed E-state index contributed by atoms with van der Waals surface area (Å²) < 4.78 is 11.7. The Morgan fingerprint density at radius 2 is 2.08 bits per heavy atom. The molecule has 0 aliphatic heterocycles. The molecule has 0 amide bonds. The molecule has 0 saturated carbocycles. The van der Waals surface area contributed by atoms with Gasteiger partial charge in [0.15, 0.2) is 0 Å². The van der Waals surface area contributed by atoms with Crippen molar-refractivity contribution in [2.24, 2.45) is 4.99 Å². The van der Waals surface area contributed by atoms with Crippen molar-refractivity contribution in [1.82, 2.24) is 0 Å². The van der Waals surface area contributed by atoms with E-state index in [1.165, 1.54) is 6.21 Å². The molecule has 0 unspecified atom stereocenters. The Morgan fingerprint density at radius 1 is 1.42 bits per heavy atom. The van der Waals surface area contributed by atoms with E-state index in [1.807, 2.05) is 37.3 Å². The third-order valence-electron chi connectivity index (χ3n) is 1.68. The highest BCUT2D eigenvalue weighted by atomic mass is 19.1. The molecular formula is C10H12FN. The molecule has 0 spiro atoms. The van der Waals surface area contributed by atoms with Crippen molar-refractivity contribution < 1.29 is 4.39 Å². The van der Waals surface area contributed by atoms with Gasteiger partial charge in [0, 0.05) is 6.21 Å². The zero-order valence-electron chi connectivity index (χ0n) is 7.07. The van der Waals surface area contributed by atoms with E-state index >= 15 is 0 Å². The van der Waals surface area contributed by atoms with Crippen LogP contribution in [-0.4, -0.2) is 12.9 Å². The molecule has 0 aromatic heterocycles. The summed E-state index contributed by atoms with van der Waals surface area (Å²) in [6.45, 7) is 1.46. The topological polar surface area (TPSA) is 12.4 Å². The van der Waals surface area contributed by atoms with E-state index in [4.69, 9.17) is 0 Å². The number of hydrogen-bond donors (Lipinski definition) is 0. The molecule has 1 atom stereocenters. The lowest BCUT2D eigenvalue weighted by molar-refractivity contribution is 0.585. The third-order valence-corrected chi connectivity index (χ3v) is 1.68. The fraction of sp³-hybridized carbons (Fsp3) is 0.300. The summed E-state index contributed by atoms with van der Waals surface area (Å²) in [6.07, 6.45) is 1.30. The van der Waals surface area contributed by atoms with E-state index in [1.54, 1.807) is 0 Å². The lowest BCUT2D eigenvalue weighted by Crippen LogP contribution is -1.89. The van der Waals surface area contributed by atoms with Gasteiger partial charge in [0.05, 0.1) is 6.04 Å². The Kier molecular flexibility index (Phi) is 3.45. The molecule has 0 saturated heterocycles. The Balaban J connectivity index is 2.65. The molecule has 1 rings (SSSR count). The van der Waals surface area contributed by atoms with Crippen LogP contribution in [0.3, 0.4) is 0 Å². The minimum atomic E-state index is -0.489. The van der Waals surface area contributed by atoms with Crippen molar-refractivity contribution in [2.45, 2.75) is 13.0 Å². The van der Waals surface area contributed by atoms with Crippen molar-refractivity contribution in [3.63, 3.8) is 0 Å². The van der Waals surface area contributed by atoms with Gasteiger partial charge >= 0.3 is 0 Å². The van der Waals surface area contributed by atoms with Crippen LogP contribution in [0.4, 0.5) is 4.39 Å². The number of benzene rings is 1. The molecule has 0 fully saturated rings. The van der Waals surface area contributed by atoms with E-state index in [0.29, 0.717) is 0 Å². The van der Waals surface area contributed by atoms with Crippen LogP contribution in [0.15, 0.2) is 35.3 Å². The van der Waals surface area contributed by atoms with Crippen LogP contribution in [0.25, 0.3) is 0 Å². The molecular weight excluding hydrogens is 153 g/mol. The normalized spacial score (nSPS) is 13.5. The van der Waals surface area contributed by atoms with Crippen molar-refractivity contribution in [3.8, 4) is 0 Å². The first-order valence-corrected chi connectivity index (χ1v) is 3.97. The van der Waals surface area contributed by atoms with Crippen LogP contribution in [0.5, 0.6) is 0 Å². The molecule has 1 aromatic carbocycles. The Labute approximate surface area is 72.0 Å². The molecule has 12 heavy (non-hydrogen) atoms. The largest absolute Gasteiger partial charge is 0.287 e. The van der Waals surface area contributed by atoms with Crippen molar-refractivity contribution in [3.05, 3.63) is 35.9 Å². The lowest BCUT2D eigenvalue weighted by Gasteiger charge is -2.04. The fourth-order valence-electron chi connectivity index (χ4n) is 1.02. The maximum absolute atomic E-state index is 11.7. The smallest absolute Gasteiger partial charge is 0.124 e. The Hall–Kier alpha value is -1.18. The number of aliphatic imine (C=N–C) groups is 1. The van der Waals surface area contributed by atoms with Crippen molar-refractivity contribution >= 4 is 6.21 Å². The van der Waals surface area contributed by atoms with Crippen LogP contribution in [0.1, 0.15) is 18.5 Å². The van der Waals surface area contributed by atoms with E-state index in [-0.39, 0.29) is 6.04 Å². The van der Waals surface area contributed by atoms with Gasteiger partial charge in [0.1, 0.15) is 6.67 Å². The van der Waals surface area contributed by atoms with Gasteiger partial charge in [-0.3, -0.25) is 4.99 Å². The first-order valence-electron chi connectivity index (χ1n) is 3.97. The quantitative estimate of drug-likeness (QED) is 0.611. The molecule has 0 heterocycles. The average Bonchev–Trinajstić information content (AvgIpc) is 2.15. The number of halogens is 1. The van der Waals surface area contributed by atoms with Crippen LogP contribution in [0, 0.1) is 0 Å². The summed E-state index contributed by atoms with van der Waals surface area (Å²) >= 11 is 0. The number of alkyl halides is 1. The maximum Gasteiger partial charge on any atom is 0.124 e. The number of rotatable bonds is 3. The molecule has 0 bridgehead atoms. The highest BCUT2D eigenvalue weighted by Gasteiger charge is 1.98. The Bertz CT molecular complexity index is 243. The summed E-state index contributed by atoms with van der Waals surface area (Å²) in [4.78, 5) is 4.01. The summed E-state index contributed by atoms with van der Waals surface area (Å²) in [7, 11) is 0. The number of hydrogen-bond acceptors (Lipinski definition) is 1. The first kappa shape index (κ1) is 8.91. The van der Waals surface area contributed by atoms with Gasteiger partial charge in [-0.05, 0) is 12.5 Å². The minimum absolute atomic E-state index is 0.0574. The van der Waals surface area contributed by atoms with Gasteiger partial charge in [0.25, 0.3) is 0 Å². The Morgan fingerprint density at radius 3 is 2.67 bits per heavy atom. The van der Waals surface area contributed by atoms with Gasteiger partial charge in [-0.25, -0.2) is 4.39 Å². The molecule has 0 N–H and O–H groups in total. The van der Waals surface area contributed by atoms with Gasteiger partial charge in [-0.1, -0.05) is 30.3 Å². The van der Waals surface area contributed by atoms with Crippen LogP contribution in [0.2, 0.25) is 0 Å². The predicted molar refractivity (Wildman–Crippen MR) is 49.3 cm³/mol. The zero-order valence-corrected chi connectivity index (χ0v) is 7.07. The van der Waals surface area contributed by atoms with E-state index in [9.17, 15) is 4.39 Å². The lowest BCUT2D eigenvalue weighted by atomic mass is 10.1. The van der Waals surface area contributed by atoms with Crippen LogP contribution in [-0.2, 0) is 0 Å². The van der Waals surface area contributed by atoms with Crippen LogP contribution < -0.4 is 0 Å². The third kappa shape index (κ3) is 2.46. The van der Waals surface area contributed by atoms with Gasteiger partial charge in [-0.2, -0.15) is 0 Å². The zero-order chi connectivity index (χ0) is 8.81. The van der Waals surface area contributed by atoms with E-state index in [2.05, 4.69) is 4.99 Å². The predicted octanol–water partition coefficient (Wildman–Crippen LogP) is 2.79. The maximum atomic E-state index is 11.7. The average molecular weight is 165 g/mol. The van der Waals surface area contributed by atoms with E-state index in [0.717, 1.165) is 5.56 Å². The standard InChI is InChI=1S/C10H12FN/c1-9(12-8-7-11)10-5-3-2-4-6-10/h2-6,8-9H,7H2,1H3/b12-8+/t9-/m1/s1. The monoisotopic (exact) mass is 165 g/mol. The van der Waals surface area contributed by atoms with Crippen molar-refractivity contribution in [2.75, 3.05) is 6.67 Å². The first-order chi connectivity index (χ1) is 5.84. The SMILES string of the molecule is C[C@@H](/N=C/CF)c1ccccc1. The van der Waals surface area contributed by atoms with E-state index < -0.39 is 6.67 Å². The molecule has 1 aromatic rings. The summed E-state index contributed by atoms with van der Waals surface area (Å²) in [5, 5.41) is 0. The highest BCUT2D eigenvalue weighted by molar-refractivity contribution is 5.58.